The van der Waals surface area contributed by atoms with Crippen molar-refractivity contribution in [1.29, 1.82) is 0 Å². The summed E-state index contributed by atoms with van der Waals surface area (Å²) < 4.78 is 2.67. The third-order valence-corrected chi connectivity index (χ3v) is 4.91. The minimum Gasteiger partial charge on any atom is -0.334 e. The Balaban J connectivity index is 2.03. The predicted molar refractivity (Wildman–Crippen MR) is 99.6 cm³/mol. The van der Waals surface area contributed by atoms with Crippen molar-refractivity contribution in [3.05, 3.63) is 57.5 Å². The van der Waals surface area contributed by atoms with E-state index < -0.39 is 0 Å². The molecule has 0 bridgehead atoms. The molecule has 0 aliphatic heterocycles. The number of hydrogen-bond acceptors (Lipinski definition) is 3. The van der Waals surface area contributed by atoms with Crippen LogP contribution in [0.4, 0.5) is 5.69 Å². The second kappa shape index (κ2) is 6.52. The van der Waals surface area contributed by atoms with Gasteiger partial charge in [-0.25, -0.2) is 4.98 Å². The Morgan fingerprint density at radius 2 is 2.25 bits per heavy atom. The lowest BCUT2D eigenvalue weighted by Gasteiger charge is -2.02. The van der Waals surface area contributed by atoms with Crippen molar-refractivity contribution in [2.24, 2.45) is 7.05 Å². The van der Waals surface area contributed by atoms with Gasteiger partial charge in [-0.3, -0.25) is 4.79 Å². The zero-order chi connectivity index (χ0) is 17.3. The summed E-state index contributed by atoms with van der Waals surface area (Å²) in [7, 11) is 1.91. The number of aryl methyl sites for hydroxylation is 2. The second-order valence-electron chi connectivity index (χ2n) is 5.26. The van der Waals surface area contributed by atoms with Crippen molar-refractivity contribution in [3.63, 3.8) is 0 Å². The normalized spacial score (nSPS) is 10.3. The number of halogens is 1. The smallest absolute Gasteiger partial charge is 0.247 e. The molecular formula is C18H14ClN3OS. The van der Waals surface area contributed by atoms with Gasteiger partial charge in [0.2, 0.25) is 5.91 Å². The lowest BCUT2D eigenvalue weighted by Crippen LogP contribution is -2.07. The molecule has 6 heteroatoms. The Hall–Kier alpha value is -2.55. The minimum absolute atomic E-state index is 0.275. The monoisotopic (exact) mass is 355 g/mol. The highest BCUT2D eigenvalue weighted by Gasteiger charge is 2.08. The van der Waals surface area contributed by atoms with Crippen LogP contribution in [0.1, 0.15) is 16.0 Å². The van der Waals surface area contributed by atoms with Gasteiger partial charge in [0.25, 0.3) is 0 Å². The van der Waals surface area contributed by atoms with Crippen LogP contribution in [0, 0.1) is 18.8 Å². The van der Waals surface area contributed by atoms with Crippen molar-refractivity contribution >= 4 is 45.6 Å². The van der Waals surface area contributed by atoms with E-state index in [4.69, 9.17) is 11.6 Å². The first-order valence-electron chi connectivity index (χ1n) is 7.14. The zero-order valence-electron chi connectivity index (χ0n) is 13.2. The SMILES string of the molecule is C=CC(=O)Nc1cnc2c(c1)c(C#Cc1cc(C)c(Cl)s1)cn2C. The van der Waals surface area contributed by atoms with Gasteiger partial charge in [0.1, 0.15) is 5.65 Å². The van der Waals surface area contributed by atoms with E-state index in [1.54, 1.807) is 6.20 Å². The lowest BCUT2D eigenvalue weighted by molar-refractivity contribution is -0.111. The molecule has 0 radical (unpaired) electrons. The van der Waals surface area contributed by atoms with Crippen LogP contribution in [0.25, 0.3) is 11.0 Å². The van der Waals surface area contributed by atoms with Crippen molar-refractivity contribution in [1.82, 2.24) is 9.55 Å². The summed E-state index contributed by atoms with van der Waals surface area (Å²) >= 11 is 7.54. The number of pyridine rings is 1. The van der Waals surface area contributed by atoms with Crippen LogP contribution in [-0.2, 0) is 11.8 Å². The summed E-state index contributed by atoms with van der Waals surface area (Å²) in [4.78, 5) is 16.8. The molecule has 0 atom stereocenters. The van der Waals surface area contributed by atoms with Crippen LogP contribution in [0.2, 0.25) is 4.34 Å². The molecule has 0 aliphatic carbocycles. The number of carbonyl (C=O) groups excluding carboxylic acids is 1. The lowest BCUT2D eigenvalue weighted by atomic mass is 10.2. The summed E-state index contributed by atoms with van der Waals surface area (Å²) in [6.45, 7) is 5.40. The largest absolute Gasteiger partial charge is 0.334 e. The van der Waals surface area contributed by atoms with Crippen molar-refractivity contribution in [3.8, 4) is 11.8 Å². The predicted octanol–water partition coefficient (Wildman–Crippen LogP) is 4.12. The Kier molecular flexibility index (Phi) is 4.43. The zero-order valence-corrected chi connectivity index (χ0v) is 14.8. The van der Waals surface area contributed by atoms with Gasteiger partial charge in [0.15, 0.2) is 0 Å². The molecule has 120 valence electrons. The summed E-state index contributed by atoms with van der Waals surface area (Å²) in [5.41, 5.74) is 3.28. The quantitative estimate of drug-likeness (QED) is 0.555. The number of nitrogens with zero attached hydrogens (tertiary/aromatic N) is 2. The molecule has 4 nitrogen and oxygen atoms in total. The fourth-order valence-corrected chi connectivity index (χ4v) is 3.33. The van der Waals surface area contributed by atoms with Gasteiger partial charge in [-0.1, -0.05) is 30.0 Å². The number of aromatic nitrogens is 2. The van der Waals surface area contributed by atoms with Crippen LogP contribution >= 0.6 is 22.9 Å². The van der Waals surface area contributed by atoms with Gasteiger partial charge < -0.3 is 9.88 Å². The highest BCUT2D eigenvalue weighted by atomic mass is 35.5. The van der Waals surface area contributed by atoms with Crippen LogP contribution in [0.15, 0.2) is 37.2 Å². The topological polar surface area (TPSA) is 46.9 Å². The Morgan fingerprint density at radius 1 is 1.46 bits per heavy atom. The number of carbonyl (C=O) groups is 1. The summed E-state index contributed by atoms with van der Waals surface area (Å²) in [6, 6.07) is 3.83. The molecule has 3 aromatic rings. The standard InChI is InChI=1S/C18H14ClN3OS/c1-4-16(23)21-13-8-15-12(10-22(3)18(15)20-9-13)5-6-14-7-11(2)17(19)24-14/h4,7-10H,1H2,2-3H3,(H,21,23). The van der Waals surface area contributed by atoms with E-state index in [9.17, 15) is 4.79 Å². The molecule has 1 N–H and O–H groups in total. The Labute approximate surface area is 148 Å². The molecule has 0 aromatic carbocycles. The van der Waals surface area contributed by atoms with E-state index >= 15 is 0 Å². The van der Waals surface area contributed by atoms with Crippen LogP contribution < -0.4 is 5.32 Å². The molecule has 0 aliphatic rings. The van der Waals surface area contributed by atoms with Crippen LogP contribution in [0.3, 0.4) is 0 Å². The molecule has 3 heterocycles. The maximum atomic E-state index is 11.5. The molecule has 0 unspecified atom stereocenters. The van der Waals surface area contributed by atoms with Gasteiger partial charge in [-0.15, -0.1) is 11.3 Å². The molecule has 1 amide bonds. The van der Waals surface area contributed by atoms with Crippen LogP contribution in [0.5, 0.6) is 0 Å². The van der Waals surface area contributed by atoms with Gasteiger partial charge in [0, 0.05) is 18.6 Å². The van der Waals surface area contributed by atoms with E-state index in [1.807, 2.05) is 36.9 Å². The highest BCUT2D eigenvalue weighted by molar-refractivity contribution is 7.16. The van der Waals surface area contributed by atoms with Crippen LogP contribution in [-0.4, -0.2) is 15.5 Å². The van der Waals surface area contributed by atoms with Gasteiger partial charge in [-0.05, 0) is 30.7 Å². The van der Waals surface area contributed by atoms with Gasteiger partial charge >= 0.3 is 0 Å². The first-order chi connectivity index (χ1) is 11.5. The van der Waals surface area contributed by atoms with Gasteiger partial charge in [0.05, 0.1) is 26.7 Å². The first-order valence-corrected chi connectivity index (χ1v) is 8.34. The number of amides is 1. The van der Waals surface area contributed by atoms with E-state index in [1.165, 1.54) is 17.4 Å². The number of nitrogens with one attached hydrogen (secondary N) is 1. The Morgan fingerprint density at radius 3 is 2.92 bits per heavy atom. The number of anilines is 1. The number of rotatable bonds is 2. The van der Waals surface area contributed by atoms with Crippen molar-refractivity contribution in [2.45, 2.75) is 6.92 Å². The average molecular weight is 356 g/mol. The second-order valence-corrected chi connectivity index (χ2v) is 6.91. The molecule has 0 spiro atoms. The number of thiophene rings is 1. The third kappa shape index (κ3) is 3.21. The van der Waals surface area contributed by atoms with E-state index in [-0.39, 0.29) is 5.91 Å². The van der Waals surface area contributed by atoms with Crippen molar-refractivity contribution in [2.75, 3.05) is 5.32 Å². The molecular weight excluding hydrogens is 342 g/mol. The Bertz CT molecular complexity index is 1000. The summed E-state index contributed by atoms with van der Waals surface area (Å²) in [6.07, 6.45) is 4.76. The minimum atomic E-state index is -0.275. The average Bonchev–Trinajstić information content (AvgIpc) is 3.05. The van der Waals surface area contributed by atoms with E-state index in [2.05, 4.69) is 28.7 Å². The summed E-state index contributed by atoms with van der Waals surface area (Å²) in [5.74, 6) is 6.03. The maximum Gasteiger partial charge on any atom is 0.247 e. The molecule has 0 saturated carbocycles. The molecule has 24 heavy (non-hydrogen) atoms. The molecule has 0 fully saturated rings. The third-order valence-electron chi connectivity index (χ3n) is 3.44. The number of hydrogen-bond donors (Lipinski definition) is 1. The fraction of sp³-hybridized carbons (Fsp3) is 0.111. The molecule has 3 rings (SSSR count). The van der Waals surface area contributed by atoms with Gasteiger partial charge in [-0.2, -0.15) is 0 Å². The summed E-state index contributed by atoms with van der Waals surface area (Å²) in [5, 5.41) is 3.59. The fourth-order valence-electron chi connectivity index (χ4n) is 2.27. The molecule has 0 saturated heterocycles. The first kappa shape index (κ1) is 16.3. The highest BCUT2D eigenvalue weighted by Crippen LogP contribution is 2.26. The molecule has 3 aromatic heterocycles. The van der Waals surface area contributed by atoms with E-state index in [0.29, 0.717) is 5.69 Å². The van der Waals surface area contributed by atoms with E-state index in [0.717, 1.165) is 31.4 Å². The van der Waals surface area contributed by atoms with Crippen molar-refractivity contribution < 1.29 is 4.79 Å². The number of fused-ring (bicyclic) bond motifs is 1. The maximum absolute atomic E-state index is 11.5.